The lowest BCUT2D eigenvalue weighted by Crippen LogP contribution is -2.26. The Morgan fingerprint density at radius 3 is 2.89 bits per heavy atom. The van der Waals surface area contributed by atoms with Crippen LogP contribution in [0.15, 0.2) is 17.3 Å². The first-order valence-electron chi connectivity index (χ1n) is 3.41. The number of nitrogens with one attached hydrogen (secondary N) is 1. The number of nitrogens with zero attached hydrogens (tertiary/aromatic N) is 1. The number of hydrogen-bond acceptors (Lipinski definition) is 2. The zero-order valence-electron chi connectivity index (χ0n) is 5.25. The molecule has 1 heterocycles. The van der Waals surface area contributed by atoms with Gasteiger partial charge in [0.05, 0.1) is 0 Å². The molecule has 0 aromatic rings. The first-order valence-corrected chi connectivity index (χ1v) is 3.41. The summed E-state index contributed by atoms with van der Waals surface area (Å²) >= 11 is 0. The lowest BCUT2D eigenvalue weighted by molar-refractivity contribution is 0.543. The van der Waals surface area contributed by atoms with E-state index in [0.29, 0.717) is 6.17 Å². The lowest BCUT2D eigenvalue weighted by Gasteiger charge is -2.12. The van der Waals surface area contributed by atoms with Gasteiger partial charge in [0.1, 0.15) is 6.17 Å². The molecule has 0 aromatic carbocycles. The van der Waals surface area contributed by atoms with Gasteiger partial charge in [0.15, 0.2) is 0 Å². The van der Waals surface area contributed by atoms with Gasteiger partial charge in [-0.1, -0.05) is 0 Å². The number of aliphatic imine (C=N–C) groups is 1. The van der Waals surface area contributed by atoms with Gasteiger partial charge in [-0.15, -0.1) is 0 Å². The molecule has 0 saturated heterocycles. The molecule has 2 aliphatic rings. The molecule has 48 valence electrons. The molecule has 0 amide bonds. The molecule has 1 fully saturated rings. The fourth-order valence-corrected chi connectivity index (χ4v) is 1.05. The largest absolute Gasteiger partial charge is 0.370 e. The van der Waals surface area contributed by atoms with Gasteiger partial charge in [-0.2, -0.15) is 0 Å². The van der Waals surface area contributed by atoms with Gasteiger partial charge in [-0.05, 0) is 31.0 Å². The molecule has 1 N–H and O–H groups in total. The Kier molecular flexibility index (Phi) is 1.04. The van der Waals surface area contributed by atoms with Crippen LogP contribution in [-0.2, 0) is 0 Å². The predicted molar refractivity (Wildman–Crippen MR) is 37.3 cm³/mol. The van der Waals surface area contributed by atoms with E-state index in [9.17, 15) is 0 Å². The summed E-state index contributed by atoms with van der Waals surface area (Å²) in [6, 6.07) is 0. The molecule has 1 saturated carbocycles. The van der Waals surface area contributed by atoms with Crippen molar-refractivity contribution in [3.05, 3.63) is 12.3 Å². The summed E-state index contributed by atoms with van der Waals surface area (Å²) in [6.45, 7) is 0. The van der Waals surface area contributed by atoms with Gasteiger partial charge in [0.2, 0.25) is 0 Å². The monoisotopic (exact) mass is 122 g/mol. The zero-order chi connectivity index (χ0) is 6.10. The third-order valence-corrected chi connectivity index (χ3v) is 1.76. The highest BCUT2D eigenvalue weighted by molar-refractivity contribution is 5.71. The van der Waals surface area contributed by atoms with Crippen LogP contribution >= 0.6 is 0 Å². The van der Waals surface area contributed by atoms with Crippen LogP contribution in [0.3, 0.4) is 0 Å². The van der Waals surface area contributed by atoms with Gasteiger partial charge in [0, 0.05) is 6.21 Å². The summed E-state index contributed by atoms with van der Waals surface area (Å²) in [5.41, 5.74) is 0. The Labute approximate surface area is 54.7 Å². The van der Waals surface area contributed by atoms with E-state index in [4.69, 9.17) is 0 Å². The van der Waals surface area contributed by atoms with Crippen LogP contribution in [0.25, 0.3) is 0 Å². The highest BCUT2D eigenvalue weighted by atomic mass is 15.1. The second kappa shape index (κ2) is 1.87. The molecular weight excluding hydrogens is 112 g/mol. The molecule has 0 bridgehead atoms. The average Bonchev–Trinajstić information content (AvgIpc) is 2.71. The van der Waals surface area contributed by atoms with E-state index in [1.165, 1.54) is 12.8 Å². The molecule has 1 aliphatic heterocycles. The summed E-state index contributed by atoms with van der Waals surface area (Å²) in [5, 5.41) is 3.20. The van der Waals surface area contributed by atoms with Crippen molar-refractivity contribution in [2.75, 3.05) is 0 Å². The average molecular weight is 122 g/mol. The molecular formula is C7H10N2. The normalized spacial score (nSPS) is 32.2. The van der Waals surface area contributed by atoms with Crippen molar-refractivity contribution in [2.45, 2.75) is 19.0 Å². The second-order valence-corrected chi connectivity index (χ2v) is 2.61. The van der Waals surface area contributed by atoms with E-state index < -0.39 is 0 Å². The Bertz CT molecular complexity index is 156. The number of hydrogen-bond donors (Lipinski definition) is 1. The summed E-state index contributed by atoms with van der Waals surface area (Å²) in [5.74, 6) is 0.825. The van der Waals surface area contributed by atoms with Crippen molar-refractivity contribution >= 4 is 6.21 Å². The first kappa shape index (κ1) is 5.03. The van der Waals surface area contributed by atoms with Gasteiger partial charge in [0.25, 0.3) is 0 Å². The maximum atomic E-state index is 4.27. The quantitative estimate of drug-likeness (QED) is 0.549. The lowest BCUT2D eigenvalue weighted by atomic mass is 10.3. The van der Waals surface area contributed by atoms with Crippen molar-refractivity contribution in [3.63, 3.8) is 0 Å². The first-order chi connectivity index (χ1) is 4.47. The molecule has 9 heavy (non-hydrogen) atoms. The fraction of sp³-hybridized carbons (Fsp3) is 0.571. The van der Waals surface area contributed by atoms with Gasteiger partial charge < -0.3 is 5.32 Å². The smallest absolute Gasteiger partial charge is 0.121 e. The SMILES string of the molecule is C1=CNC(C2CC2)N=C1. The molecule has 0 radical (unpaired) electrons. The minimum atomic E-state index is 0.398. The zero-order valence-corrected chi connectivity index (χ0v) is 5.25. The van der Waals surface area contributed by atoms with Crippen LogP contribution in [0, 0.1) is 5.92 Å². The molecule has 1 atom stereocenters. The third-order valence-electron chi connectivity index (χ3n) is 1.76. The molecule has 2 rings (SSSR count). The van der Waals surface area contributed by atoms with E-state index in [2.05, 4.69) is 10.3 Å². The summed E-state index contributed by atoms with van der Waals surface area (Å²) in [7, 11) is 0. The number of rotatable bonds is 1. The fourth-order valence-electron chi connectivity index (χ4n) is 1.05. The van der Waals surface area contributed by atoms with Crippen LogP contribution in [0.2, 0.25) is 0 Å². The molecule has 1 unspecified atom stereocenters. The topological polar surface area (TPSA) is 24.4 Å². The molecule has 0 aromatic heterocycles. The Morgan fingerprint density at radius 1 is 1.44 bits per heavy atom. The highest BCUT2D eigenvalue weighted by Crippen LogP contribution is 2.33. The minimum absolute atomic E-state index is 0.398. The van der Waals surface area contributed by atoms with Crippen molar-refractivity contribution in [1.29, 1.82) is 0 Å². The van der Waals surface area contributed by atoms with Crippen LogP contribution in [0.4, 0.5) is 0 Å². The molecule has 1 aliphatic carbocycles. The molecule has 2 heteroatoms. The maximum absolute atomic E-state index is 4.27. The predicted octanol–water partition coefficient (Wildman–Crippen LogP) is 0.910. The summed E-state index contributed by atoms with van der Waals surface area (Å²) in [6.07, 6.45) is 8.87. The summed E-state index contributed by atoms with van der Waals surface area (Å²) < 4.78 is 0. The Balaban J connectivity index is 1.98. The van der Waals surface area contributed by atoms with Crippen molar-refractivity contribution in [2.24, 2.45) is 10.9 Å². The highest BCUT2D eigenvalue weighted by Gasteiger charge is 2.30. The van der Waals surface area contributed by atoms with Gasteiger partial charge in [-0.3, -0.25) is 4.99 Å². The Hall–Kier alpha value is -0.790. The second-order valence-electron chi connectivity index (χ2n) is 2.61. The van der Waals surface area contributed by atoms with Crippen molar-refractivity contribution in [1.82, 2.24) is 5.32 Å². The van der Waals surface area contributed by atoms with Gasteiger partial charge in [-0.25, -0.2) is 0 Å². The Morgan fingerprint density at radius 2 is 2.33 bits per heavy atom. The van der Waals surface area contributed by atoms with Crippen molar-refractivity contribution in [3.8, 4) is 0 Å². The maximum Gasteiger partial charge on any atom is 0.121 e. The van der Waals surface area contributed by atoms with Crippen LogP contribution < -0.4 is 5.32 Å². The molecule has 2 nitrogen and oxygen atoms in total. The van der Waals surface area contributed by atoms with E-state index in [0.717, 1.165) is 5.92 Å². The van der Waals surface area contributed by atoms with E-state index in [-0.39, 0.29) is 0 Å². The van der Waals surface area contributed by atoms with Crippen LogP contribution in [0.5, 0.6) is 0 Å². The minimum Gasteiger partial charge on any atom is -0.370 e. The van der Waals surface area contributed by atoms with Crippen LogP contribution in [0.1, 0.15) is 12.8 Å². The van der Waals surface area contributed by atoms with Crippen molar-refractivity contribution < 1.29 is 0 Å². The molecule has 0 spiro atoms. The van der Waals surface area contributed by atoms with Gasteiger partial charge >= 0.3 is 0 Å². The standard InChI is InChI=1S/C7H10N2/c1-4-8-7(9-5-1)6-2-3-6/h1,4-8H,2-3H2. The van der Waals surface area contributed by atoms with Crippen LogP contribution in [-0.4, -0.2) is 12.4 Å². The summed E-state index contributed by atoms with van der Waals surface area (Å²) in [4.78, 5) is 4.27. The van der Waals surface area contributed by atoms with E-state index >= 15 is 0 Å². The number of allylic oxidation sites excluding steroid dienone is 1. The third kappa shape index (κ3) is 0.969. The van der Waals surface area contributed by atoms with E-state index in [1.54, 1.807) is 0 Å². The van der Waals surface area contributed by atoms with E-state index in [1.807, 2.05) is 18.5 Å².